The van der Waals surface area contributed by atoms with Crippen molar-refractivity contribution in [2.75, 3.05) is 26.2 Å². The zero-order valence-electron chi connectivity index (χ0n) is 22.9. The van der Waals surface area contributed by atoms with Crippen LogP contribution in [-0.4, -0.2) is 94.2 Å². The number of esters is 1. The van der Waals surface area contributed by atoms with Gasteiger partial charge in [-0.1, -0.05) is 24.3 Å². The van der Waals surface area contributed by atoms with Crippen molar-refractivity contribution in [1.29, 1.82) is 0 Å². The predicted octanol–water partition coefficient (Wildman–Crippen LogP) is 1.32. The summed E-state index contributed by atoms with van der Waals surface area (Å²) < 4.78 is 12.1. The molecule has 1 spiro atoms. The highest BCUT2D eigenvalue weighted by Gasteiger charge is 2.73. The van der Waals surface area contributed by atoms with E-state index in [-0.39, 0.29) is 37.3 Å². The van der Waals surface area contributed by atoms with Crippen LogP contribution in [0.15, 0.2) is 24.3 Å². The van der Waals surface area contributed by atoms with Crippen molar-refractivity contribution < 1.29 is 33.8 Å². The van der Waals surface area contributed by atoms with Crippen molar-refractivity contribution >= 4 is 23.7 Å². The van der Waals surface area contributed by atoms with Crippen molar-refractivity contribution in [3.63, 3.8) is 0 Å². The van der Waals surface area contributed by atoms with Gasteiger partial charge in [0.15, 0.2) is 0 Å². The quantitative estimate of drug-likeness (QED) is 0.311. The van der Waals surface area contributed by atoms with Crippen LogP contribution in [0.3, 0.4) is 0 Å². The van der Waals surface area contributed by atoms with Gasteiger partial charge in [-0.25, -0.2) is 0 Å². The van der Waals surface area contributed by atoms with Crippen LogP contribution in [0.5, 0.6) is 0 Å². The SMILES string of the molecule is C[C@H]1CNC(=O)CC/C=C\CN(C(C)(C)C)C(=O)[C@H]2N(CCCCCO)C(=O)[C@@H]3[C@@H](C(=O)O1)[C@H]1C=C[C@]32O1. The summed E-state index contributed by atoms with van der Waals surface area (Å²) in [6.45, 7) is 8.39. The molecule has 2 saturated heterocycles. The standard InChI is InChI=1S/C28H41N3O7/c1-18-17-29-20(33)11-7-5-9-15-31(27(2,3)4)25(35)23-28-13-12-19(38-28)21(26(36)37-18)22(28)24(34)30(23)14-8-6-10-16-32/h5,9,12-13,18-19,21-23,32H,6-8,10-11,14-17H2,1-4H3,(H,29,33)/b9-5-/t18-,19+,21-,22-,23+,28-/m0/s1. The molecule has 210 valence electrons. The van der Waals surface area contributed by atoms with Gasteiger partial charge in [0.1, 0.15) is 23.7 Å². The number of unbranched alkanes of at least 4 members (excludes halogenated alkanes) is 2. The van der Waals surface area contributed by atoms with Crippen LogP contribution in [-0.2, 0) is 28.7 Å². The maximum absolute atomic E-state index is 14.4. The molecule has 0 saturated carbocycles. The largest absolute Gasteiger partial charge is 0.460 e. The normalized spacial score (nSPS) is 34.9. The number of carbonyl (C=O) groups is 4. The van der Waals surface area contributed by atoms with Gasteiger partial charge >= 0.3 is 5.97 Å². The maximum Gasteiger partial charge on any atom is 0.313 e. The number of likely N-dealkylation sites (tertiary alicyclic amines) is 1. The molecule has 2 N–H and O–H groups in total. The Morgan fingerprint density at radius 1 is 1.11 bits per heavy atom. The molecule has 0 aromatic heterocycles. The molecule has 0 aliphatic carbocycles. The first kappa shape index (κ1) is 28.3. The Morgan fingerprint density at radius 3 is 2.58 bits per heavy atom. The van der Waals surface area contributed by atoms with E-state index >= 15 is 0 Å². The average Bonchev–Trinajstić information content (AvgIpc) is 3.48. The van der Waals surface area contributed by atoms with E-state index in [4.69, 9.17) is 9.47 Å². The van der Waals surface area contributed by atoms with Crippen LogP contribution in [0, 0.1) is 11.8 Å². The molecule has 0 aromatic carbocycles. The van der Waals surface area contributed by atoms with Gasteiger partial charge in [-0.2, -0.15) is 0 Å². The van der Waals surface area contributed by atoms with Gasteiger partial charge in [-0.15, -0.1) is 0 Å². The second-order valence-electron chi connectivity index (χ2n) is 11.7. The van der Waals surface area contributed by atoms with Crippen molar-refractivity contribution in [3.8, 4) is 0 Å². The topological polar surface area (TPSA) is 125 Å². The minimum Gasteiger partial charge on any atom is -0.460 e. The van der Waals surface area contributed by atoms with Crippen LogP contribution in [0.1, 0.15) is 59.8 Å². The Morgan fingerprint density at radius 2 is 1.87 bits per heavy atom. The summed E-state index contributed by atoms with van der Waals surface area (Å²) in [5.41, 5.74) is -1.81. The maximum atomic E-state index is 14.4. The van der Waals surface area contributed by atoms with Crippen LogP contribution in [0.4, 0.5) is 0 Å². The lowest BCUT2D eigenvalue weighted by atomic mass is 9.74. The lowest BCUT2D eigenvalue weighted by Crippen LogP contribution is -2.59. The first-order valence-corrected chi connectivity index (χ1v) is 13.7. The number of nitrogens with one attached hydrogen (secondary N) is 1. The fraction of sp³-hybridized carbons (Fsp3) is 0.714. The highest BCUT2D eigenvalue weighted by molar-refractivity contribution is 5.99. The molecule has 0 unspecified atom stereocenters. The van der Waals surface area contributed by atoms with Gasteiger partial charge < -0.3 is 29.7 Å². The van der Waals surface area contributed by atoms with Crippen molar-refractivity contribution in [3.05, 3.63) is 24.3 Å². The van der Waals surface area contributed by atoms with Gasteiger partial charge in [0, 0.05) is 31.7 Å². The molecule has 5 bridgehead atoms. The Hall–Kier alpha value is -2.72. The molecular weight excluding hydrogens is 490 g/mol. The number of aliphatic hydroxyl groups excluding tert-OH is 1. The molecule has 4 heterocycles. The first-order chi connectivity index (χ1) is 18.0. The minimum atomic E-state index is -1.25. The summed E-state index contributed by atoms with van der Waals surface area (Å²) in [4.78, 5) is 57.3. The molecule has 4 rings (SSSR count). The highest BCUT2D eigenvalue weighted by atomic mass is 16.6. The summed E-state index contributed by atoms with van der Waals surface area (Å²) >= 11 is 0. The van der Waals surface area contributed by atoms with E-state index in [9.17, 15) is 24.3 Å². The second kappa shape index (κ2) is 11.2. The molecule has 10 heteroatoms. The number of aliphatic hydroxyl groups is 1. The van der Waals surface area contributed by atoms with Gasteiger partial charge in [0.25, 0.3) is 0 Å². The van der Waals surface area contributed by atoms with E-state index in [1.807, 2.05) is 32.9 Å². The third kappa shape index (κ3) is 5.25. The molecule has 3 amide bonds. The average molecular weight is 532 g/mol. The lowest BCUT2D eigenvalue weighted by Gasteiger charge is -2.41. The summed E-state index contributed by atoms with van der Waals surface area (Å²) in [6, 6.07) is -0.919. The zero-order valence-corrected chi connectivity index (χ0v) is 22.9. The van der Waals surface area contributed by atoms with E-state index in [0.29, 0.717) is 38.8 Å². The zero-order chi connectivity index (χ0) is 27.7. The molecule has 4 aliphatic heterocycles. The molecule has 0 aromatic rings. The Bertz CT molecular complexity index is 1000. The Kier molecular flexibility index (Phi) is 8.32. The Balaban J connectivity index is 1.74. The molecule has 2 fully saturated rings. The van der Waals surface area contributed by atoms with Crippen LogP contribution >= 0.6 is 0 Å². The van der Waals surface area contributed by atoms with Crippen LogP contribution < -0.4 is 5.32 Å². The molecule has 10 nitrogen and oxygen atoms in total. The first-order valence-electron chi connectivity index (χ1n) is 13.7. The number of amides is 3. The number of fused-ring (bicyclic) bond motifs is 2. The Labute approximate surface area is 224 Å². The third-order valence-corrected chi connectivity index (χ3v) is 7.91. The van der Waals surface area contributed by atoms with Gasteiger partial charge in [0.2, 0.25) is 17.7 Å². The van der Waals surface area contributed by atoms with E-state index in [0.717, 1.165) is 0 Å². The molecule has 38 heavy (non-hydrogen) atoms. The summed E-state index contributed by atoms with van der Waals surface area (Å²) in [6.07, 6.45) is 8.81. The number of nitrogens with zero attached hydrogens (tertiary/aromatic N) is 2. The number of rotatable bonds is 5. The number of hydrogen-bond acceptors (Lipinski definition) is 7. The summed E-state index contributed by atoms with van der Waals surface area (Å²) in [5, 5.41) is 12.0. The highest BCUT2D eigenvalue weighted by Crippen LogP contribution is 2.55. The second-order valence-corrected chi connectivity index (χ2v) is 11.7. The van der Waals surface area contributed by atoms with Gasteiger partial charge in [-0.3, -0.25) is 19.2 Å². The predicted molar refractivity (Wildman–Crippen MR) is 139 cm³/mol. The smallest absolute Gasteiger partial charge is 0.313 e. The minimum absolute atomic E-state index is 0.0626. The number of carbonyl (C=O) groups excluding carboxylic acids is 4. The molecule has 4 aliphatic rings. The fourth-order valence-electron chi connectivity index (χ4n) is 6.05. The molecule has 6 atom stereocenters. The van der Waals surface area contributed by atoms with E-state index < -0.39 is 47.2 Å². The molecular formula is C28H41N3O7. The number of hydrogen-bond donors (Lipinski definition) is 2. The van der Waals surface area contributed by atoms with Gasteiger partial charge in [-0.05, 0) is 53.4 Å². The number of allylic oxidation sites excluding steroid dienone is 1. The van der Waals surface area contributed by atoms with Crippen molar-refractivity contribution in [2.45, 2.75) is 89.2 Å². The third-order valence-electron chi connectivity index (χ3n) is 7.91. The van der Waals surface area contributed by atoms with Crippen LogP contribution in [0.2, 0.25) is 0 Å². The van der Waals surface area contributed by atoms with Crippen LogP contribution in [0.25, 0.3) is 0 Å². The van der Waals surface area contributed by atoms with E-state index in [1.165, 1.54) is 0 Å². The summed E-state index contributed by atoms with van der Waals surface area (Å²) in [7, 11) is 0. The van der Waals surface area contributed by atoms with Gasteiger partial charge in [0.05, 0.1) is 18.6 Å². The fourth-order valence-corrected chi connectivity index (χ4v) is 6.05. The molecule has 0 radical (unpaired) electrons. The van der Waals surface area contributed by atoms with E-state index in [1.54, 1.807) is 28.9 Å². The number of ether oxygens (including phenoxy) is 2. The monoisotopic (exact) mass is 531 g/mol. The number of cyclic esters (lactones) is 1. The van der Waals surface area contributed by atoms with Crippen molar-refractivity contribution in [2.24, 2.45) is 11.8 Å². The van der Waals surface area contributed by atoms with Crippen molar-refractivity contribution in [1.82, 2.24) is 15.1 Å². The van der Waals surface area contributed by atoms with E-state index in [2.05, 4.69) is 5.32 Å². The summed E-state index contributed by atoms with van der Waals surface area (Å²) in [5.74, 6) is -2.98. The lowest BCUT2D eigenvalue weighted by molar-refractivity contribution is -0.158.